The van der Waals surface area contributed by atoms with Gasteiger partial charge in [0, 0.05) is 0 Å². The Balaban J connectivity index is 2.87. The Kier molecular flexibility index (Phi) is 2.07. The Labute approximate surface area is 86.5 Å². The molecule has 0 aliphatic heterocycles. The van der Waals surface area contributed by atoms with E-state index in [0.29, 0.717) is 5.13 Å². The van der Waals surface area contributed by atoms with Crippen molar-refractivity contribution in [3.63, 3.8) is 0 Å². The van der Waals surface area contributed by atoms with E-state index in [4.69, 9.17) is 10.5 Å². The molecule has 0 radical (unpaired) electrons. The van der Waals surface area contributed by atoms with E-state index < -0.39 is 0 Å². The molecular weight excluding hydrogens is 196 g/mol. The summed E-state index contributed by atoms with van der Waals surface area (Å²) in [7, 11) is 1.68. The molecule has 0 saturated carbocycles. The summed E-state index contributed by atoms with van der Waals surface area (Å²) in [6.07, 6.45) is 0. The number of ether oxygens (including phenoxy) is 1. The van der Waals surface area contributed by atoms with Gasteiger partial charge in [-0.2, -0.15) is 0 Å². The third-order valence-corrected chi connectivity index (χ3v) is 3.26. The normalized spacial score (nSPS) is 10.8. The molecule has 74 valence electrons. The van der Waals surface area contributed by atoms with E-state index >= 15 is 0 Å². The van der Waals surface area contributed by atoms with Crippen LogP contribution in [0, 0.1) is 13.8 Å². The number of rotatable bonds is 1. The zero-order valence-electron chi connectivity index (χ0n) is 8.42. The second-order valence-electron chi connectivity index (χ2n) is 3.25. The van der Waals surface area contributed by atoms with Crippen molar-refractivity contribution in [2.24, 2.45) is 0 Å². The van der Waals surface area contributed by atoms with E-state index in [1.807, 2.05) is 19.9 Å². The number of hydrogen-bond donors (Lipinski definition) is 1. The lowest BCUT2D eigenvalue weighted by Crippen LogP contribution is -1.90. The van der Waals surface area contributed by atoms with E-state index in [-0.39, 0.29) is 0 Å². The van der Waals surface area contributed by atoms with Crippen molar-refractivity contribution in [1.82, 2.24) is 4.98 Å². The summed E-state index contributed by atoms with van der Waals surface area (Å²) < 4.78 is 6.40. The molecule has 14 heavy (non-hydrogen) atoms. The lowest BCUT2D eigenvalue weighted by Gasteiger charge is -2.07. The van der Waals surface area contributed by atoms with E-state index in [1.165, 1.54) is 16.9 Å². The Morgan fingerprint density at radius 2 is 2.14 bits per heavy atom. The van der Waals surface area contributed by atoms with E-state index in [1.54, 1.807) is 7.11 Å². The third kappa shape index (κ3) is 1.23. The van der Waals surface area contributed by atoms with Crippen LogP contribution in [0.5, 0.6) is 5.75 Å². The topological polar surface area (TPSA) is 48.1 Å². The minimum Gasteiger partial charge on any atom is -0.495 e. The Bertz CT molecular complexity index is 490. The highest BCUT2D eigenvalue weighted by Gasteiger charge is 2.11. The number of nitrogens with two attached hydrogens (primary N) is 1. The first-order valence-corrected chi connectivity index (χ1v) is 5.15. The van der Waals surface area contributed by atoms with Crippen LogP contribution >= 0.6 is 11.3 Å². The summed E-state index contributed by atoms with van der Waals surface area (Å²) in [5, 5.41) is 0.586. The number of hydrogen-bond acceptors (Lipinski definition) is 4. The molecule has 0 amide bonds. The van der Waals surface area contributed by atoms with Crippen molar-refractivity contribution >= 4 is 26.7 Å². The highest BCUT2D eigenvalue weighted by Crippen LogP contribution is 2.36. The summed E-state index contributed by atoms with van der Waals surface area (Å²) in [5.41, 5.74) is 8.93. The van der Waals surface area contributed by atoms with Gasteiger partial charge in [0.25, 0.3) is 0 Å². The Morgan fingerprint density at radius 3 is 2.79 bits per heavy atom. The third-order valence-electron chi connectivity index (χ3n) is 2.37. The molecule has 4 heteroatoms. The summed E-state index contributed by atoms with van der Waals surface area (Å²) in [6.45, 7) is 4.09. The minimum atomic E-state index is 0.586. The van der Waals surface area contributed by atoms with Crippen molar-refractivity contribution in [2.45, 2.75) is 13.8 Å². The van der Waals surface area contributed by atoms with Gasteiger partial charge in [-0.05, 0) is 31.0 Å². The van der Waals surface area contributed by atoms with Crippen LogP contribution in [-0.2, 0) is 0 Å². The summed E-state index contributed by atoms with van der Waals surface area (Å²) in [6, 6.07) is 2.04. The second kappa shape index (κ2) is 3.13. The first kappa shape index (κ1) is 9.27. The molecular formula is C10H12N2OS. The SMILES string of the molecule is COc1c(C)c(C)cc2nc(N)sc12. The fourth-order valence-electron chi connectivity index (χ4n) is 1.52. The van der Waals surface area contributed by atoms with E-state index in [2.05, 4.69) is 4.98 Å². The van der Waals surface area contributed by atoms with Gasteiger partial charge in [0.05, 0.1) is 17.3 Å². The van der Waals surface area contributed by atoms with Crippen LogP contribution in [0.4, 0.5) is 5.13 Å². The molecule has 2 aromatic rings. The fourth-order valence-corrected chi connectivity index (χ4v) is 2.41. The first-order valence-electron chi connectivity index (χ1n) is 4.33. The number of aromatic nitrogens is 1. The van der Waals surface area contributed by atoms with Gasteiger partial charge in [-0.1, -0.05) is 11.3 Å². The van der Waals surface area contributed by atoms with Crippen molar-refractivity contribution in [1.29, 1.82) is 0 Å². The molecule has 0 aliphatic carbocycles. The zero-order chi connectivity index (χ0) is 10.3. The van der Waals surface area contributed by atoms with Crippen LogP contribution in [0.2, 0.25) is 0 Å². The van der Waals surface area contributed by atoms with Crippen molar-refractivity contribution in [3.8, 4) is 5.75 Å². The van der Waals surface area contributed by atoms with Crippen LogP contribution in [0.3, 0.4) is 0 Å². The van der Waals surface area contributed by atoms with Gasteiger partial charge < -0.3 is 10.5 Å². The molecule has 1 aromatic heterocycles. The number of benzene rings is 1. The van der Waals surface area contributed by atoms with Gasteiger partial charge in [-0.15, -0.1) is 0 Å². The number of thiazole rings is 1. The highest BCUT2D eigenvalue weighted by atomic mass is 32.1. The average molecular weight is 208 g/mol. The molecule has 0 spiro atoms. The first-order chi connectivity index (χ1) is 6.63. The Hall–Kier alpha value is -1.29. The predicted octanol–water partition coefficient (Wildman–Crippen LogP) is 2.50. The largest absolute Gasteiger partial charge is 0.495 e. The van der Waals surface area contributed by atoms with E-state index in [0.717, 1.165) is 21.5 Å². The maximum atomic E-state index is 5.67. The summed E-state index contributed by atoms with van der Waals surface area (Å²) in [4.78, 5) is 4.24. The maximum Gasteiger partial charge on any atom is 0.181 e. The van der Waals surface area contributed by atoms with Gasteiger partial charge >= 0.3 is 0 Å². The molecule has 1 aromatic carbocycles. The fraction of sp³-hybridized carbons (Fsp3) is 0.300. The van der Waals surface area contributed by atoms with Gasteiger partial charge in [0.1, 0.15) is 5.75 Å². The number of aryl methyl sites for hydroxylation is 1. The lowest BCUT2D eigenvalue weighted by molar-refractivity contribution is 0.417. The van der Waals surface area contributed by atoms with Gasteiger partial charge in [-0.3, -0.25) is 0 Å². The smallest absolute Gasteiger partial charge is 0.181 e. The number of fused-ring (bicyclic) bond motifs is 1. The number of anilines is 1. The molecule has 0 unspecified atom stereocenters. The predicted molar refractivity (Wildman–Crippen MR) is 60.1 cm³/mol. The van der Waals surface area contributed by atoms with Crippen LogP contribution < -0.4 is 10.5 Å². The highest BCUT2D eigenvalue weighted by molar-refractivity contribution is 7.22. The Morgan fingerprint density at radius 1 is 1.43 bits per heavy atom. The molecule has 2 rings (SSSR count). The molecule has 0 aliphatic rings. The van der Waals surface area contributed by atoms with Gasteiger partial charge in [-0.25, -0.2) is 4.98 Å². The van der Waals surface area contributed by atoms with Crippen molar-refractivity contribution in [3.05, 3.63) is 17.2 Å². The summed E-state index contributed by atoms with van der Waals surface area (Å²) >= 11 is 1.47. The van der Waals surface area contributed by atoms with Crippen molar-refractivity contribution < 1.29 is 4.74 Å². The van der Waals surface area contributed by atoms with Crippen LogP contribution in [0.25, 0.3) is 10.2 Å². The molecule has 0 atom stereocenters. The van der Waals surface area contributed by atoms with Crippen LogP contribution in [0.1, 0.15) is 11.1 Å². The molecule has 0 saturated heterocycles. The monoisotopic (exact) mass is 208 g/mol. The number of methoxy groups -OCH3 is 1. The quantitative estimate of drug-likeness (QED) is 0.783. The van der Waals surface area contributed by atoms with Gasteiger partial charge in [0.2, 0.25) is 0 Å². The molecule has 1 heterocycles. The molecule has 2 N–H and O–H groups in total. The van der Waals surface area contributed by atoms with Crippen LogP contribution in [-0.4, -0.2) is 12.1 Å². The second-order valence-corrected chi connectivity index (χ2v) is 4.28. The van der Waals surface area contributed by atoms with Crippen molar-refractivity contribution in [2.75, 3.05) is 12.8 Å². The molecule has 0 fully saturated rings. The van der Waals surface area contributed by atoms with Crippen LogP contribution in [0.15, 0.2) is 6.07 Å². The van der Waals surface area contributed by atoms with E-state index in [9.17, 15) is 0 Å². The zero-order valence-corrected chi connectivity index (χ0v) is 9.23. The maximum absolute atomic E-state index is 5.67. The number of nitrogens with zero attached hydrogens (tertiary/aromatic N) is 1. The summed E-state index contributed by atoms with van der Waals surface area (Å²) in [5.74, 6) is 0.897. The molecule has 0 bridgehead atoms. The lowest BCUT2D eigenvalue weighted by atomic mass is 10.1. The average Bonchev–Trinajstić information content (AvgIpc) is 2.47. The standard InChI is InChI=1S/C10H12N2OS/c1-5-4-7-9(14-10(11)12-7)8(13-3)6(5)2/h4H,1-3H3,(H2,11,12). The minimum absolute atomic E-state index is 0.586. The number of nitrogen functional groups attached to an aromatic ring is 1. The molecule has 3 nitrogen and oxygen atoms in total. The van der Waals surface area contributed by atoms with Gasteiger partial charge in [0.15, 0.2) is 5.13 Å².